The molecule has 0 bridgehead atoms. The molecule has 1 heterocycles. The lowest BCUT2D eigenvalue weighted by atomic mass is 9.86. The lowest BCUT2D eigenvalue weighted by molar-refractivity contribution is 0.0891. The van der Waals surface area contributed by atoms with Crippen molar-refractivity contribution in [3.05, 3.63) is 52.6 Å². The van der Waals surface area contributed by atoms with Crippen molar-refractivity contribution in [1.29, 1.82) is 0 Å². The molecule has 0 spiro atoms. The molecule has 3 N–H and O–H groups in total. The summed E-state index contributed by atoms with van der Waals surface area (Å²) < 4.78 is 11.1. The molecule has 0 saturated carbocycles. The number of rotatable bonds is 4. The highest BCUT2D eigenvalue weighted by atomic mass is 16.5. The Balaban J connectivity index is 2.11. The van der Waals surface area contributed by atoms with Crippen LogP contribution in [0.15, 0.2) is 35.9 Å². The highest BCUT2D eigenvalue weighted by Crippen LogP contribution is 2.46. The topological polar surface area (TPSA) is 96.2 Å². The molecule has 0 radical (unpaired) electrons. The molecule has 2 aromatic rings. The summed E-state index contributed by atoms with van der Waals surface area (Å²) in [5.74, 6) is -0.775. The summed E-state index contributed by atoms with van der Waals surface area (Å²) >= 11 is 0. The number of ketones is 1. The van der Waals surface area contributed by atoms with Gasteiger partial charge in [-0.2, -0.15) is 0 Å². The number of phenols is 3. The van der Waals surface area contributed by atoms with Crippen LogP contribution in [0.3, 0.4) is 0 Å². The highest BCUT2D eigenvalue weighted by Gasteiger charge is 2.35. The zero-order valence-electron chi connectivity index (χ0n) is 15.4. The molecule has 1 aliphatic heterocycles. The Hall–Kier alpha value is -3.15. The van der Waals surface area contributed by atoms with Crippen LogP contribution >= 0.6 is 0 Å². The van der Waals surface area contributed by atoms with E-state index in [4.69, 9.17) is 9.47 Å². The van der Waals surface area contributed by atoms with Gasteiger partial charge in [-0.25, -0.2) is 0 Å². The molecule has 1 aliphatic rings. The first kappa shape index (κ1) is 18.6. The molecule has 142 valence electrons. The quantitative estimate of drug-likeness (QED) is 0.711. The third-order valence-electron chi connectivity index (χ3n) is 4.60. The van der Waals surface area contributed by atoms with Gasteiger partial charge in [0.25, 0.3) is 0 Å². The number of methoxy groups -OCH3 is 1. The highest BCUT2D eigenvalue weighted by molar-refractivity contribution is 6.05. The summed E-state index contributed by atoms with van der Waals surface area (Å²) in [4.78, 5) is 13.0. The minimum atomic E-state index is -0.789. The SMILES string of the molecule is COc1c(CC=C(C)C)c(O)cc(O)c1C1COc2cc(O)ccc2C1=O. The molecule has 0 amide bonds. The second-order valence-corrected chi connectivity index (χ2v) is 6.73. The zero-order chi connectivity index (χ0) is 19.7. The van der Waals surface area contributed by atoms with E-state index < -0.39 is 5.92 Å². The fourth-order valence-corrected chi connectivity index (χ4v) is 3.25. The molecule has 1 atom stereocenters. The Morgan fingerprint density at radius 3 is 2.63 bits per heavy atom. The van der Waals surface area contributed by atoms with Crippen molar-refractivity contribution in [2.75, 3.05) is 13.7 Å². The van der Waals surface area contributed by atoms with E-state index in [9.17, 15) is 20.1 Å². The fourth-order valence-electron chi connectivity index (χ4n) is 3.25. The van der Waals surface area contributed by atoms with Crippen molar-refractivity contribution in [2.45, 2.75) is 26.2 Å². The molecule has 6 heteroatoms. The van der Waals surface area contributed by atoms with Crippen molar-refractivity contribution in [1.82, 2.24) is 0 Å². The number of hydrogen-bond donors (Lipinski definition) is 3. The van der Waals surface area contributed by atoms with Crippen LogP contribution < -0.4 is 9.47 Å². The first-order valence-electron chi connectivity index (χ1n) is 8.58. The van der Waals surface area contributed by atoms with Crippen LogP contribution in [0.2, 0.25) is 0 Å². The molecule has 6 nitrogen and oxygen atoms in total. The maximum absolute atomic E-state index is 13.0. The molecule has 0 aliphatic carbocycles. The monoisotopic (exact) mass is 370 g/mol. The largest absolute Gasteiger partial charge is 0.508 e. The van der Waals surface area contributed by atoms with Crippen LogP contribution in [0, 0.1) is 0 Å². The van der Waals surface area contributed by atoms with Gasteiger partial charge in [-0.1, -0.05) is 11.6 Å². The first-order valence-corrected chi connectivity index (χ1v) is 8.58. The molecular formula is C21H22O6. The average Bonchev–Trinajstić information content (AvgIpc) is 2.61. The number of phenolic OH excluding ortho intramolecular Hbond substituents is 3. The maximum atomic E-state index is 13.0. The summed E-state index contributed by atoms with van der Waals surface area (Å²) in [7, 11) is 1.43. The number of aromatic hydroxyl groups is 3. The summed E-state index contributed by atoms with van der Waals surface area (Å²) in [5.41, 5.74) is 2.17. The number of ether oxygens (including phenoxy) is 2. The van der Waals surface area contributed by atoms with E-state index in [0.29, 0.717) is 23.3 Å². The lowest BCUT2D eigenvalue weighted by Gasteiger charge is -2.27. The third kappa shape index (κ3) is 3.43. The number of Topliss-reactive ketones (excluding diaryl/α,β-unsaturated/α-hetero) is 1. The summed E-state index contributed by atoms with van der Waals surface area (Å²) in [6.07, 6.45) is 2.33. The summed E-state index contributed by atoms with van der Waals surface area (Å²) in [5, 5.41) is 30.3. The van der Waals surface area contributed by atoms with Gasteiger partial charge >= 0.3 is 0 Å². The Bertz CT molecular complexity index is 925. The van der Waals surface area contributed by atoms with E-state index in [1.807, 2.05) is 19.9 Å². The predicted molar refractivity (Wildman–Crippen MR) is 100 cm³/mol. The number of benzene rings is 2. The molecule has 2 aromatic carbocycles. The molecule has 0 aromatic heterocycles. The Morgan fingerprint density at radius 1 is 1.22 bits per heavy atom. The van der Waals surface area contributed by atoms with Crippen molar-refractivity contribution >= 4 is 5.78 Å². The average molecular weight is 370 g/mol. The van der Waals surface area contributed by atoms with Gasteiger partial charge in [0.15, 0.2) is 5.78 Å². The van der Waals surface area contributed by atoms with E-state index in [1.54, 1.807) is 0 Å². The van der Waals surface area contributed by atoms with Crippen LogP contribution in [-0.4, -0.2) is 34.8 Å². The van der Waals surface area contributed by atoms with Crippen molar-refractivity contribution in [3.8, 4) is 28.7 Å². The Morgan fingerprint density at radius 2 is 1.96 bits per heavy atom. The number of carbonyl (C=O) groups is 1. The number of carbonyl (C=O) groups excluding carboxylic acids is 1. The van der Waals surface area contributed by atoms with E-state index in [2.05, 4.69) is 0 Å². The zero-order valence-corrected chi connectivity index (χ0v) is 15.4. The van der Waals surface area contributed by atoms with Crippen molar-refractivity contribution in [2.24, 2.45) is 0 Å². The standard InChI is InChI=1S/C21H22O6/c1-11(2)4-6-13-16(23)9-17(24)19(21(13)26-3)15-10-27-18-8-12(22)5-7-14(18)20(15)25/h4-5,7-9,15,22-24H,6,10H2,1-3H3. The van der Waals surface area contributed by atoms with Crippen LogP contribution in [0.5, 0.6) is 28.7 Å². The van der Waals surface area contributed by atoms with Crippen molar-refractivity contribution in [3.63, 3.8) is 0 Å². The van der Waals surface area contributed by atoms with Gasteiger partial charge in [0.05, 0.1) is 24.2 Å². The second-order valence-electron chi connectivity index (χ2n) is 6.73. The van der Waals surface area contributed by atoms with E-state index in [-0.39, 0.29) is 41.0 Å². The van der Waals surface area contributed by atoms with Crippen LogP contribution in [-0.2, 0) is 6.42 Å². The Kier molecular flexibility index (Phi) is 4.99. The lowest BCUT2D eigenvalue weighted by Crippen LogP contribution is -2.26. The predicted octanol–water partition coefficient (Wildman–Crippen LogP) is 3.68. The van der Waals surface area contributed by atoms with Crippen molar-refractivity contribution < 1.29 is 29.6 Å². The van der Waals surface area contributed by atoms with Gasteiger partial charge in [0, 0.05) is 17.7 Å². The van der Waals surface area contributed by atoms with Crippen LogP contribution in [0.25, 0.3) is 0 Å². The summed E-state index contributed by atoms with van der Waals surface area (Å²) in [6.45, 7) is 3.87. The van der Waals surface area contributed by atoms with Crippen LogP contribution in [0.1, 0.15) is 41.3 Å². The van der Waals surface area contributed by atoms with Gasteiger partial charge in [-0.15, -0.1) is 0 Å². The van der Waals surface area contributed by atoms with Gasteiger partial charge in [-0.3, -0.25) is 4.79 Å². The molecule has 0 saturated heterocycles. The van der Waals surface area contributed by atoms with E-state index in [1.165, 1.54) is 31.4 Å². The number of allylic oxidation sites excluding steroid dienone is 2. The molecule has 27 heavy (non-hydrogen) atoms. The number of fused-ring (bicyclic) bond motifs is 1. The number of hydrogen-bond acceptors (Lipinski definition) is 6. The Labute approximate surface area is 157 Å². The molecule has 3 rings (SSSR count). The minimum Gasteiger partial charge on any atom is -0.508 e. The second kappa shape index (κ2) is 7.23. The molecule has 0 fully saturated rings. The van der Waals surface area contributed by atoms with E-state index >= 15 is 0 Å². The fraction of sp³-hybridized carbons (Fsp3) is 0.286. The smallest absolute Gasteiger partial charge is 0.177 e. The minimum absolute atomic E-state index is 0.00787. The van der Waals surface area contributed by atoms with Gasteiger partial charge in [-0.05, 0) is 32.4 Å². The van der Waals surface area contributed by atoms with Crippen LogP contribution in [0.4, 0.5) is 0 Å². The first-order chi connectivity index (χ1) is 12.8. The van der Waals surface area contributed by atoms with Gasteiger partial charge in [0.2, 0.25) is 0 Å². The van der Waals surface area contributed by atoms with Gasteiger partial charge < -0.3 is 24.8 Å². The molecule has 1 unspecified atom stereocenters. The molecular weight excluding hydrogens is 348 g/mol. The normalized spacial score (nSPS) is 15.7. The maximum Gasteiger partial charge on any atom is 0.177 e. The third-order valence-corrected chi connectivity index (χ3v) is 4.60. The van der Waals surface area contributed by atoms with Gasteiger partial charge in [0.1, 0.15) is 35.4 Å². The van der Waals surface area contributed by atoms with E-state index in [0.717, 1.165) is 5.57 Å². The summed E-state index contributed by atoms with van der Waals surface area (Å²) in [6, 6.07) is 5.52.